The molecule has 152 valence electrons. The normalized spacial score (nSPS) is 10.5. The number of halogens is 1. The first-order chi connectivity index (χ1) is 15.1. The number of aromatic nitrogens is 3. The first-order valence-corrected chi connectivity index (χ1v) is 10.7. The zero-order valence-corrected chi connectivity index (χ0v) is 18.0. The van der Waals surface area contributed by atoms with E-state index in [4.69, 9.17) is 18.0 Å². The lowest BCUT2D eigenvalue weighted by Gasteiger charge is -2.10. The summed E-state index contributed by atoms with van der Waals surface area (Å²) in [5.74, 6) is 2.37. The lowest BCUT2D eigenvalue weighted by molar-refractivity contribution is 0.102. The van der Waals surface area contributed by atoms with Gasteiger partial charge in [0.1, 0.15) is 5.01 Å². The molecule has 0 aliphatic rings. The number of rotatable bonds is 6. The third-order valence-electron chi connectivity index (χ3n) is 4.67. The number of terminal acetylenes is 1. The van der Waals surface area contributed by atoms with Crippen molar-refractivity contribution >= 4 is 34.0 Å². The van der Waals surface area contributed by atoms with Crippen LogP contribution in [0.4, 0.5) is 5.13 Å². The van der Waals surface area contributed by atoms with E-state index in [2.05, 4.69) is 26.4 Å². The third-order valence-corrected chi connectivity index (χ3v) is 5.82. The number of benzene rings is 2. The SMILES string of the molecule is C#Cc1ccccc1-c1cnccc1C(=O)Nc1nnc(CCc2ccc(Cl)cc2)s1. The van der Waals surface area contributed by atoms with Crippen molar-refractivity contribution in [2.75, 3.05) is 5.32 Å². The molecule has 0 bridgehead atoms. The first-order valence-electron chi connectivity index (χ1n) is 9.52. The molecule has 4 aromatic rings. The van der Waals surface area contributed by atoms with E-state index in [9.17, 15) is 4.79 Å². The van der Waals surface area contributed by atoms with E-state index >= 15 is 0 Å². The molecule has 0 aliphatic heterocycles. The highest BCUT2D eigenvalue weighted by Gasteiger charge is 2.16. The molecule has 2 aromatic carbocycles. The number of carbonyl (C=O) groups is 1. The van der Waals surface area contributed by atoms with E-state index in [0.717, 1.165) is 23.4 Å². The number of hydrogen-bond donors (Lipinski definition) is 1. The number of hydrogen-bond acceptors (Lipinski definition) is 5. The van der Waals surface area contributed by atoms with Gasteiger partial charge in [-0.25, -0.2) is 0 Å². The van der Waals surface area contributed by atoms with Gasteiger partial charge in [-0.15, -0.1) is 16.6 Å². The zero-order valence-electron chi connectivity index (χ0n) is 16.4. The number of amides is 1. The van der Waals surface area contributed by atoms with E-state index in [1.54, 1.807) is 18.5 Å². The predicted octanol–water partition coefficient (Wildman–Crippen LogP) is 5.27. The summed E-state index contributed by atoms with van der Waals surface area (Å²) in [6, 6.07) is 16.8. The molecule has 0 spiro atoms. The lowest BCUT2D eigenvalue weighted by atomic mass is 9.97. The number of anilines is 1. The third kappa shape index (κ3) is 4.97. The van der Waals surface area contributed by atoms with Crippen LogP contribution in [0.15, 0.2) is 67.0 Å². The maximum absolute atomic E-state index is 13.0. The zero-order chi connectivity index (χ0) is 21.6. The molecule has 0 atom stereocenters. The van der Waals surface area contributed by atoms with Gasteiger partial charge in [0.25, 0.3) is 5.91 Å². The highest BCUT2D eigenvalue weighted by molar-refractivity contribution is 7.15. The topological polar surface area (TPSA) is 67.8 Å². The molecule has 1 N–H and O–H groups in total. The van der Waals surface area contributed by atoms with Crippen molar-refractivity contribution in [3.8, 4) is 23.5 Å². The summed E-state index contributed by atoms with van der Waals surface area (Å²) in [5, 5.41) is 13.2. The summed E-state index contributed by atoms with van der Waals surface area (Å²) in [6.07, 6.45) is 10.4. The summed E-state index contributed by atoms with van der Waals surface area (Å²) >= 11 is 7.28. The van der Waals surface area contributed by atoms with Crippen LogP contribution < -0.4 is 5.32 Å². The van der Waals surface area contributed by atoms with Crippen LogP contribution in [0.25, 0.3) is 11.1 Å². The summed E-state index contributed by atoms with van der Waals surface area (Å²) in [4.78, 5) is 17.1. The Bertz CT molecular complexity index is 1260. The van der Waals surface area contributed by atoms with Crippen molar-refractivity contribution in [1.82, 2.24) is 15.2 Å². The van der Waals surface area contributed by atoms with Gasteiger partial charge in [0.2, 0.25) is 5.13 Å². The minimum Gasteiger partial charge on any atom is -0.296 e. The van der Waals surface area contributed by atoms with Gasteiger partial charge in [0, 0.05) is 35.0 Å². The van der Waals surface area contributed by atoms with Gasteiger partial charge < -0.3 is 0 Å². The standard InChI is InChI=1S/C24H17ClN4OS/c1-2-17-5-3-4-6-19(17)21-15-26-14-13-20(21)23(30)27-24-29-28-22(31-24)12-9-16-7-10-18(25)11-8-16/h1,3-8,10-11,13-15H,9,12H2,(H,27,29,30). The Labute approximate surface area is 189 Å². The average molecular weight is 445 g/mol. The van der Waals surface area contributed by atoms with Crippen molar-refractivity contribution in [3.63, 3.8) is 0 Å². The Hall–Kier alpha value is -3.53. The van der Waals surface area contributed by atoms with E-state index in [1.807, 2.05) is 48.5 Å². The van der Waals surface area contributed by atoms with Crippen LogP contribution in [0.2, 0.25) is 5.02 Å². The van der Waals surface area contributed by atoms with E-state index < -0.39 is 0 Å². The molecule has 0 radical (unpaired) electrons. The average Bonchev–Trinajstić information content (AvgIpc) is 3.26. The maximum Gasteiger partial charge on any atom is 0.258 e. The fraction of sp³-hybridized carbons (Fsp3) is 0.0833. The van der Waals surface area contributed by atoms with Crippen LogP contribution in [0, 0.1) is 12.3 Å². The fourth-order valence-corrected chi connectivity index (χ4v) is 3.98. The van der Waals surface area contributed by atoms with E-state index in [-0.39, 0.29) is 5.91 Å². The molecule has 0 aliphatic carbocycles. The van der Waals surface area contributed by atoms with Gasteiger partial charge in [-0.2, -0.15) is 0 Å². The summed E-state index contributed by atoms with van der Waals surface area (Å²) < 4.78 is 0. The Morgan fingerprint density at radius 3 is 2.65 bits per heavy atom. The van der Waals surface area contributed by atoms with E-state index in [1.165, 1.54) is 16.9 Å². The second-order valence-electron chi connectivity index (χ2n) is 6.69. The number of nitrogens with one attached hydrogen (secondary N) is 1. The minimum atomic E-state index is -0.287. The molecule has 4 rings (SSSR count). The van der Waals surface area contributed by atoms with Crippen LogP contribution in [-0.4, -0.2) is 21.1 Å². The van der Waals surface area contributed by atoms with Gasteiger partial charge in [-0.05, 0) is 41.8 Å². The largest absolute Gasteiger partial charge is 0.296 e. The molecular formula is C24H17ClN4OS. The van der Waals surface area contributed by atoms with Crippen LogP contribution >= 0.6 is 22.9 Å². The number of pyridine rings is 1. The van der Waals surface area contributed by atoms with Crippen LogP contribution in [0.1, 0.15) is 26.5 Å². The molecule has 31 heavy (non-hydrogen) atoms. The van der Waals surface area contributed by atoms with Gasteiger partial charge in [0.05, 0.1) is 5.56 Å². The lowest BCUT2D eigenvalue weighted by Crippen LogP contribution is -2.13. The molecule has 1 amide bonds. The second kappa shape index (κ2) is 9.52. The summed E-state index contributed by atoms with van der Waals surface area (Å²) in [6.45, 7) is 0. The molecule has 5 nitrogen and oxygen atoms in total. The van der Waals surface area contributed by atoms with Crippen molar-refractivity contribution < 1.29 is 4.79 Å². The molecule has 0 fully saturated rings. The summed E-state index contributed by atoms with van der Waals surface area (Å²) in [7, 11) is 0. The molecule has 0 saturated heterocycles. The predicted molar refractivity (Wildman–Crippen MR) is 124 cm³/mol. The van der Waals surface area contributed by atoms with Gasteiger partial charge in [-0.1, -0.05) is 59.2 Å². The van der Waals surface area contributed by atoms with Gasteiger partial charge >= 0.3 is 0 Å². The highest BCUT2D eigenvalue weighted by atomic mass is 35.5. The maximum atomic E-state index is 13.0. The van der Waals surface area contributed by atoms with E-state index in [0.29, 0.717) is 26.8 Å². The number of nitrogens with zero attached hydrogens (tertiary/aromatic N) is 3. The van der Waals surface area contributed by atoms with Crippen LogP contribution in [0.3, 0.4) is 0 Å². The van der Waals surface area contributed by atoms with Gasteiger partial charge in [0.15, 0.2) is 0 Å². The Morgan fingerprint density at radius 2 is 1.84 bits per heavy atom. The van der Waals surface area contributed by atoms with Crippen molar-refractivity contribution in [2.24, 2.45) is 0 Å². The number of carbonyl (C=O) groups excluding carboxylic acids is 1. The van der Waals surface area contributed by atoms with Gasteiger partial charge in [-0.3, -0.25) is 15.1 Å². The molecule has 0 saturated carbocycles. The van der Waals surface area contributed by atoms with Crippen molar-refractivity contribution in [2.45, 2.75) is 12.8 Å². The van der Waals surface area contributed by atoms with Crippen LogP contribution in [-0.2, 0) is 12.8 Å². The molecule has 2 aromatic heterocycles. The Kier molecular flexibility index (Phi) is 6.37. The van der Waals surface area contributed by atoms with Crippen LogP contribution in [0.5, 0.6) is 0 Å². The summed E-state index contributed by atoms with van der Waals surface area (Å²) in [5.41, 5.74) is 3.78. The Balaban J connectivity index is 1.48. The quantitative estimate of drug-likeness (QED) is 0.411. The minimum absolute atomic E-state index is 0.287. The number of aryl methyl sites for hydroxylation is 2. The van der Waals surface area contributed by atoms with Crippen molar-refractivity contribution in [3.05, 3.63) is 93.7 Å². The molecule has 2 heterocycles. The first kappa shape index (κ1) is 20.7. The smallest absolute Gasteiger partial charge is 0.258 e. The van der Waals surface area contributed by atoms with Crippen molar-refractivity contribution in [1.29, 1.82) is 0 Å². The molecule has 0 unspecified atom stereocenters. The molecular weight excluding hydrogens is 428 g/mol. The fourth-order valence-electron chi connectivity index (χ4n) is 3.12. The highest BCUT2D eigenvalue weighted by Crippen LogP contribution is 2.27. The molecule has 7 heteroatoms. The Morgan fingerprint density at radius 1 is 1.03 bits per heavy atom. The monoisotopic (exact) mass is 444 g/mol. The second-order valence-corrected chi connectivity index (χ2v) is 8.19.